The largest absolute Gasteiger partial charge is 0.505 e. The fraction of sp³-hybridized carbons (Fsp3) is 0.529. The van der Waals surface area contributed by atoms with Crippen molar-refractivity contribution < 1.29 is 28.5 Å². The van der Waals surface area contributed by atoms with Crippen molar-refractivity contribution in [2.24, 2.45) is 0 Å². The van der Waals surface area contributed by atoms with Crippen LogP contribution in [0.4, 0.5) is 20.7 Å². The van der Waals surface area contributed by atoms with Crippen LogP contribution in [0.15, 0.2) is 12.1 Å². The molecule has 4 fully saturated rings. The van der Waals surface area contributed by atoms with Crippen molar-refractivity contribution >= 4 is 34.7 Å². The lowest BCUT2D eigenvalue weighted by Crippen LogP contribution is -2.50. The van der Waals surface area contributed by atoms with E-state index in [1.165, 1.54) is 6.07 Å². The van der Waals surface area contributed by atoms with Gasteiger partial charge in [0.25, 0.3) is 0 Å². The smallest absolute Gasteiger partial charge is 0.410 e. The first-order valence-electron chi connectivity index (χ1n) is 16.1. The van der Waals surface area contributed by atoms with E-state index in [0.29, 0.717) is 72.6 Å². The van der Waals surface area contributed by atoms with E-state index in [1.807, 2.05) is 26.8 Å². The molecule has 3 aromatic rings. The molecule has 4 aliphatic rings. The number of amides is 1. The van der Waals surface area contributed by atoms with Crippen molar-refractivity contribution in [3.63, 3.8) is 0 Å². The van der Waals surface area contributed by atoms with Crippen LogP contribution in [0.1, 0.15) is 75.5 Å². The van der Waals surface area contributed by atoms with Crippen LogP contribution in [0.3, 0.4) is 0 Å². The minimum Gasteiger partial charge on any atom is -0.505 e. The molecule has 2 unspecified atom stereocenters. The molecule has 244 valence electrons. The first-order valence-corrected chi connectivity index (χ1v) is 16.1. The standard InChI is InChI=1S/C34H41FN6O5/c1-17-25(35)13-26(37)24(14-36)27(17)28-22(18-5-6-18)12-23-29(30(28)42)38-32(45-21-7-9-44-10-8-21)39-31(23)40-15-20-11-19(40)16-41(20)33(43)46-34(2,3)4/h12-14,18-21,36,42H,5-11,15-16,37H2,1-4H3. The Hall–Kier alpha value is -4.19. The van der Waals surface area contributed by atoms with Crippen LogP contribution in [-0.2, 0) is 9.47 Å². The number of hydrogen-bond acceptors (Lipinski definition) is 10. The molecular weight excluding hydrogens is 591 g/mol. The van der Waals surface area contributed by atoms with Crippen molar-refractivity contribution in [2.45, 2.75) is 89.5 Å². The minimum absolute atomic E-state index is 0.00692. The van der Waals surface area contributed by atoms with Crippen LogP contribution < -0.4 is 15.4 Å². The van der Waals surface area contributed by atoms with Crippen molar-refractivity contribution in [1.82, 2.24) is 14.9 Å². The summed E-state index contributed by atoms with van der Waals surface area (Å²) in [6.07, 6.45) is 4.64. The molecule has 3 saturated heterocycles. The molecular formula is C34H41FN6O5. The molecule has 46 heavy (non-hydrogen) atoms. The summed E-state index contributed by atoms with van der Waals surface area (Å²) in [5, 5.41) is 20.9. The number of benzene rings is 2. The Morgan fingerprint density at radius 3 is 2.50 bits per heavy atom. The van der Waals surface area contributed by atoms with E-state index >= 15 is 4.39 Å². The van der Waals surface area contributed by atoms with Crippen molar-refractivity contribution in [3.05, 3.63) is 34.6 Å². The summed E-state index contributed by atoms with van der Waals surface area (Å²) in [6.45, 7) is 9.42. The first kappa shape index (κ1) is 30.5. The summed E-state index contributed by atoms with van der Waals surface area (Å²) in [5.74, 6) is 0.163. The number of fused-ring (bicyclic) bond motifs is 3. The van der Waals surface area contributed by atoms with Crippen LogP contribution >= 0.6 is 0 Å². The minimum atomic E-state index is -0.589. The van der Waals surface area contributed by atoms with Gasteiger partial charge in [0, 0.05) is 59.9 Å². The highest BCUT2D eigenvalue weighted by Gasteiger charge is 2.48. The molecule has 2 atom stereocenters. The van der Waals surface area contributed by atoms with Gasteiger partial charge in [-0.3, -0.25) is 0 Å². The van der Waals surface area contributed by atoms with Gasteiger partial charge in [-0.15, -0.1) is 0 Å². The number of hydrogen-bond donors (Lipinski definition) is 3. The molecule has 11 nitrogen and oxygen atoms in total. The van der Waals surface area contributed by atoms with E-state index in [4.69, 9.17) is 35.3 Å². The Balaban J connectivity index is 1.37. The normalized spacial score (nSPS) is 21.7. The van der Waals surface area contributed by atoms with E-state index in [9.17, 15) is 9.90 Å². The number of nitrogens with one attached hydrogen (secondary N) is 1. The number of ether oxygens (including phenoxy) is 3. The number of nitrogens with two attached hydrogens (primary N) is 1. The predicted octanol–water partition coefficient (Wildman–Crippen LogP) is 5.66. The van der Waals surface area contributed by atoms with E-state index in [-0.39, 0.29) is 53.2 Å². The summed E-state index contributed by atoms with van der Waals surface area (Å²) in [4.78, 5) is 26.7. The Morgan fingerprint density at radius 1 is 1.13 bits per heavy atom. The second-order valence-electron chi connectivity index (χ2n) is 14.0. The lowest BCUT2D eigenvalue weighted by Gasteiger charge is -2.36. The highest BCUT2D eigenvalue weighted by Crippen LogP contribution is 2.53. The van der Waals surface area contributed by atoms with Gasteiger partial charge in [0.05, 0.1) is 25.3 Å². The van der Waals surface area contributed by atoms with Crippen LogP contribution in [-0.4, -0.2) is 82.4 Å². The second kappa shape index (κ2) is 11.3. The number of likely N-dealkylation sites (tertiary alicyclic amines) is 1. The molecule has 1 aromatic heterocycles. The Kier molecular flexibility index (Phi) is 7.45. The molecule has 2 bridgehead atoms. The zero-order valence-electron chi connectivity index (χ0n) is 26.7. The molecule has 0 spiro atoms. The van der Waals surface area contributed by atoms with Crippen LogP contribution in [0.5, 0.6) is 11.8 Å². The number of halogens is 1. The molecule has 7 rings (SSSR count). The third-order valence-corrected chi connectivity index (χ3v) is 9.54. The SMILES string of the molecule is Cc1c(F)cc(N)c(C=N)c1-c1c(C2CC2)cc2c(N3CC4CC3CN4C(=O)OC(C)(C)C)nc(OC3CCOCC3)nc2c1O. The number of aromatic nitrogens is 2. The van der Waals surface area contributed by atoms with Gasteiger partial charge < -0.3 is 40.3 Å². The average molecular weight is 633 g/mol. The lowest BCUT2D eigenvalue weighted by molar-refractivity contribution is 0.0206. The van der Waals surface area contributed by atoms with E-state index in [2.05, 4.69) is 4.90 Å². The molecule has 12 heteroatoms. The zero-order valence-corrected chi connectivity index (χ0v) is 26.7. The van der Waals surface area contributed by atoms with E-state index in [1.54, 1.807) is 11.8 Å². The van der Waals surface area contributed by atoms with E-state index < -0.39 is 11.4 Å². The van der Waals surface area contributed by atoms with Gasteiger partial charge in [0.15, 0.2) is 0 Å². The monoisotopic (exact) mass is 632 g/mol. The van der Waals surface area contributed by atoms with Gasteiger partial charge in [0.2, 0.25) is 0 Å². The summed E-state index contributed by atoms with van der Waals surface area (Å²) >= 11 is 0. The highest BCUT2D eigenvalue weighted by molar-refractivity contribution is 6.05. The van der Waals surface area contributed by atoms with Crippen molar-refractivity contribution in [2.75, 3.05) is 36.9 Å². The molecule has 1 saturated carbocycles. The van der Waals surface area contributed by atoms with Gasteiger partial charge >= 0.3 is 12.1 Å². The zero-order chi connectivity index (χ0) is 32.5. The third kappa shape index (κ3) is 5.36. The second-order valence-corrected chi connectivity index (χ2v) is 14.0. The highest BCUT2D eigenvalue weighted by atomic mass is 19.1. The number of nitrogens with zero attached hydrogens (tertiary/aromatic N) is 4. The number of rotatable bonds is 6. The predicted molar refractivity (Wildman–Crippen MR) is 173 cm³/mol. The van der Waals surface area contributed by atoms with E-state index in [0.717, 1.165) is 31.0 Å². The van der Waals surface area contributed by atoms with Gasteiger partial charge in [-0.2, -0.15) is 9.97 Å². The van der Waals surface area contributed by atoms with Crippen LogP contribution in [0.25, 0.3) is 22.0 Å². The quantitative estimate of drug-likeness (QED) is 0.231. The number of carbonyl (C=O) groups is 1. The molecule has 0 radical (unpaired) electrons. The topological polar surface area (TPSA) is 147 Å². The fourth-order valence-electron chi connectivity index (χ4n) is 7.16. The summed E-state index contributed by atoms with van der Waals surface area (Å²) in [7, 11) is 0. The van der Waals surface area contributed by atoms with Crippen molar-refractivity contribution in [1.29, 1.82) is 5.41 Å². The van der Waals surface area contributed by atoms with Gasteiger partial charge in [-0.05, 0) is 76.1 Å². The number of piperazine rings is 1. The number of carbonyl (C=O) groups excluding carboxylic acids is 1. The summed E-state index contributed by atoms with van der Waals surface area (Å²) < 4.78 is 32.7. The Bertz CT molecular complexity index is 1730. The Morgan fingerprint density at radius 2 is 1.87 bits per heavy atom. The molecule has 2 aromatic carbocycles. The average Bonchev–Trinajstić information content (AvgIpc) is 3.65. The summed E-state index contributed by atoms with van der Waals surface area (Å²) in [5.41, 5.74) is 8.38. The van der Waals surface area contributed by atoms with Crippen LogP contribution in [0.2, 0.25) is 0 Å². The summed E-state index contributed by atoms with van der Waals surface area (Å²) in [6, 6.07) is 3.32. The fourth-order valence-corrected chi connectivity index (χ4v) is 7.16. The number of anilines is 2. The van der Waals surface area contributed by atoms with Gasteiger partial charge in [0.1, 0.15) is 34.6 Å². The van der Waals surface area contributed by atoms with Crippen molar-refractivity contribution in [3.8, 4) is 22.9 Å². The molecule has 1 aliphatic carbocycles. The first-order chi connectivity index (χ1) is 21.9. The molecule has 4 N–H and O–H groups in total. The maximum Gasteiger partial charge on any atom is 0.410 e. The number of aromatic hydroxyl groups is 1. The number of phenolic OH excluding ortho intramolecular Hbond substituents is 1. The Labute approximate surface area is 267 Å². The number of phenols is 1. The van der Waals surface area contributed by atoms with Crippen LogP contribution in [0, 0.1) is 18.2 Å². The van der Waals surface area contributed by atoms with Gasteiger partial charge in [-0.25, -0.2) is 9.18 Å². The molecule has 1 amide bonds. The molecule has 3 aliphatic heterocycles. The van der Waals surface area contributed by atoms with Gasteiger partial charge in [-0.1, -0.05) is 0 Å². The lowest BCUT2D eigenvalue weighted by atomic mass is 9.87. The maximum absolute atomic E-state index is 15.2. The third-order valence-electron chi connectivity index (χ3n) is 9.54. The maximum atomic E-state index is 15.2. The molecule has 4 heterocycles. The number of nitrogen functional groups attached to an aromatic ring is 1.